The lowest BCUT2D eigenvalue weighted by atomic mass is 10.1. The highest BCUT2D eigenvalue weighted by Crippen LogP contribution is 2.17. The molecule has 0 unspecified atom stereocenters. The molecule has 2 aromatic heterocycles. The number of carbonyl (C=O) groups is 1. The molecule has 0 spiro atoms. The van der Waals surface area contributed by atoms with Crippen LogP contribution in [0, 0.1) is 6.92 Å². The van der Waals surface area contributed by atoms with E-state index >= 15 is 0 Å². The molecule has 0 atom stereocenters. The van der Waals surface area contributed by atoms with Crippen LogP contribution in [0.3, 0.4) is 0 Å². The van der Waals surface area contributed by atoms with Crippen molar-refractivity contribution in [3.63, 3.8) is 0 Å². The van der Waals surface area contributed by atoms with Gasteiger partial charge in [-0.1, -0.05) is 42.7 Å². The fourth-order valence-electron chi connectivity index (χ4n) is 3.90. The van der Waals surface area contributed by atoms with Crippen LogP contribution in [0.1, 0.15) is 36.8 Å². The van der Waals surface area contributed by atoms with Crippen molar-refractivity contribution in [1.29, 1.82) is 0 Å². The minimum atomic E-state index is -0.502. The summed E-state index contributed by atoms with van der Waals surface area (Å²) in [5.74, 6) is -0.218. The van der Waals surface area contributed by atoms with Gasteiger partial charge >= 0.3 is 5.69 Å². The first-order valence-electron chi connectivity index (χ1n) is 9.96. The van der Waals surface area contributed by atoms with Crippen LogP contribution in [0.5, 0.6) is 0 Å². The Kier molecular flexibility index (Phi) is 5.29. The van der Waals surface area contributed by atoms with Crippen LogP contribution < -0.4 is 16.6 Å². The van der Waals surface area contributed by atoms with Crippen molar-refractivity contribution in [1.82, 2.24) is 19.4 Å². The molecule has 29 heavy (non-hydrogen) atoms. The van der Waals surface area contributed by atoms with Gasteiger partial charge < -0.3 is 5.32 Å². The van der Waals surface area contributed by atoms with E-state index in [1.807, 2.05) is 31.2 Å². The average Bonchev–Trinajstić information content (AvgIpc) is 3.23. The third kappa shape index (κ3) is 3.99. The highest BCUT2D eigenvalue weighted by molar-refractivity contribution is 5.79. The number of hydrogen-bond donors (Lipinski definition) is 1. The quantitative estimate of drug-likeness (QED) is 0.719. The number of pyridine rings is 1. The van der Waals surface area contributed by atoms with Gasteiger partial charge in [0.05, 0.1) is 12.1 Å². The van der Waals surface area contributed by atoms with E-state index in [0.29, 0.717) is 5.52 Å². The van der Waals surface area contributed by atoms with Gasteiger partial charge in [-0.3, -0.25) is 18.7 Å². The maximum absolute atomic E-state index is 13.2. The van der Waals surface area contributed by atoms with Crippen LogP contribution >= 0.6 is 0 Å². The maximum Gasteiger partial charge on any atom is 0.332 e. The van der Waals surface area contributed by atoms with E-state index in [0.717, 1.165) is 41.4 Å². The summed E-state index contributed by atoms with van der Waals surface area (Å²) in [5.41, 5.74) is 1.56. The van der Waals surface area contributed by atoms with E-state index in [9.17, 15) is 14.4 Å². The zero-order valence-electron chi connectivity index (χ0n) is 16.4. The summed E-state index contributed by atoms with van der Waals surface area (Å²) in [5, 5.41) is 3.00. The van der Waals surface area contributed by atoms with Gasteiger partial charge in [0.2, 0.25) is 5.91 Å². The van der Waals surface area contributed by atoms with Gasteiger partial charge in [0.25, 0.3) is 5.56 Å². The molecule has 3 aromatic rings. The average molecular weight is 392 g/mol. The zero-order chi connectivity index (χ0) is 20.4. The summed E-state index contributed by atoms with van der Waals surface area (Å²) < 4.78 is 2.51. The number of rotatable bonds is 5. The molecule has 150 valence electrons. The predicted molar refractivity (Wildman–Crippen MR) is 111 cm³/mol. The van der Waals surface area contributed by atoms with Gasteiger partial charge in [-0.15, -0.1) is 0 Å². The minimum absolute atomic E-state index is 0.133. The Hall–Kier alpha value is -3.22. The summed E-state index contributed by atoms with van der Waals surface area (Å²) in [6.45, 7) is 1.98. The molecule has 1 N–H and O–H groups in total. The van der Waals surface area contributed by atoms with E-state index in [1.165, 1.54) is 10.8 Å². The lowest BCUT2D eigenvalue weighted by molar-refractivity contribution is -0.122. The molecule has 0 aliphatic heterocycles. The largest absolute Gasteiger partial charge is 0.352 e. The molecule has 1 amide bonds. The number of aromatic nitrogens is 3. The normalized spacial score (nSPS) is 14.4. The highest BCUT2D eigenvalue weighted by Gasteiger charge is 2.20. The van der Waals surface area contributed by atoms with Crippen molar-refractivity contribution < 1.29 is 4.79 Å². The topological polar surface area (TPSA) is 86.0 Å². The van der Waals surface area contributed by atoms with Gasteiger partial charge in [0.1, 0.15) is 6.54 Å². The number of aryl methyl sites for hydroxylation is 1. The fourth-order valence-corrected chi connectivity index (χ4v) is 3.90. The number of amides is 1. The Morgan fingerprint density at radius 2 is 1.83 bits per heavy atom. The molecule has 1 aliphatic rings. The Morgan fingerprint density at radius 3 is 2.55 bits per heavy atom. The minimum Gasteiger partial charge on any atom is -0.352 e. The first-order valence-corrected chi connectivity index (χ1v) is 9.96. The van der Waals surface area contributed by atoms with E-state index in [1.54, 1.807) is 12.1 Å². The fraction of sp³-hybridized carbons (Fsp3) is 0.364. The summed E-state index contributed by atoms with van der Waals surface area (Å²) in [4.78, 5) is 42.9. The number of nitrogens with one attached hydrogen (secondary N) is 1. The number of fused-ring (bicyclic) bond motifs is 1. The predicted octanol–water partition coefficient (Wildman–Crippen LogP) is 1.97. The molecule has 0 bridgehead atoms. The van der Waals surface area contributed by atoms with Crippen LogP contribution in [0.4, 0.5) is 0 Å². The van der Waals surface area contributed by atoms with E-state index < -0.39 is 11.2 Å². The molecule has 1 aliphatic carbocycles. The second kappa shape index (κ2) is 8.03. The Bertz CT molecular complexity index is 1160. The first-order chi connectivity index (χ1) is 14.0. The zero-order valence-corrected chi connectivity index (χ0v) is 16.4. The molecule has 7 heteroatoms. The Morgan fingerprint density at radius 1 is 1.10 bits per heavy atom. The maximum atomic E-state index is 13.2. The standard InChI is InChI=1S/C22H24N4O3/c1-15-8-10-16(11-9-15)13-26-21(28)20-18(7-4-12-23-20)25(22(26)29)14-19(27)24-17-5-2-3-6-17/h4,7-12,17H,2-3,5-6,13-14H2,1H3,(H,24,27). The summed E-state index contributed by atoms with van der Waals surface area (Å²) in [6.07, 6.45) is 5.68. The van der Waals surface area contributed by atoms with E-state index in [2.05, 4.69) is 10.3 Å². The molecule has 0 saturated heterocycles. The SMILES string of the molecule is Cc1ccc(Cn2c(=O)c3ncccc3n(CC(=O)NC3CCCC3)c2=O)cc1. The van der Waals surface area contributed by atoms with Crippen LogP contribution in [-0.2, 0) is 17.9 Å². The number of nitrogens with zero attached hydrogens (tertiary/aromatic N) is 3. The smallest absolute Gasteiger partial charge is 0.332 e. The van der Waals surface area contributed by atoms with Crippen molar-refractivity contribution in [3.8, 4) is 0 Å². The number of hydrogen-bond acceptors (Lipinski definition) is 4. The van der Waals surface area contributed by atoms with Crippen LogP contribution in [0.25, 0.3) is 11.0 Å². The second-order valence-electron chi connectivity index (χ2n) is 7.67. The second-order valence-corrected chi connectivity index (χ2v) is 7.67. The molecular weight excluding hydrogens is 368 g/mol. The molecule has 0 radical (unpaired) electrons. The van der Waals surface area contributed by atoms with Gasteiger partial charge in [-0.05, 0) is 37.5 Å². The third-order valence-corrected chi connectivity index (χ3v) is 5.47. The Labute approximate surface area is 168 Å². The molecule has 2 heterocycles. The summed E-state index contributed by atoms with van der Waals surface area (Å²) in [7, 11) is 0. The number of benzene rings is 1. The first kappa shape index (κ1) is 19.1. The van der Waals surface area contributed by atoms with Crippen LogP contribution in [0.2, 0.25) is 0 Å². The van der Waals surface area contributed by atoms with E-state index in [-0.39, 0.29) is 30.6 Å². The van der Waals surface area contributed by atoms with E-state index in [4.69, 9.17) is 0 Å². The van der Waals surface area contributed by atoms with Crippen molar-refractivity contribution in [2.45, 2.75) is 51.7 Å². The monoisotopic (exact) mass is 392 g/mol. The molecule has 7 nitrogen and oxygen atoms in total. The number of carbonyl (C=O) groups excluding carboxylic acids is 1. The molecule has 1 fully saturated rings. The van der Waals surface area contributed by atoms with Gasteiger partial charge in [0, 0.05) is 12.2 Å². The van der Waals surface area contributed by atoms with Crippen molar-refractivity contribution >= 4 is 16.9 Å². The molecule has 1 aromatic carbocycles. The van der Waals surface area contributed by atoms with Crippen LogP contribution in [-0.4, -0.2) is 26.1 Å². The van der Waals surface area contributed by atoms with Gasteiger partial charge in [-0.2, -0.15) is 0 Å². The lowest BCUT2D eigenvalue weighted by Gasteiger charge is -2.16. The summed E-state index contributed by atoms with van der Waals surface area (Å²) >= 11 is 0. The molecule has 1 saturated carbocycles. The lowest BCUT2D eigenvalue weighted by Crippen LogP contribution is -2.44. The highest BCUT2D eigenvalue weighted by atomic mass is 16.2. The summed E-state index contributed by atoms with van der Waals surface area (Å²) in [6, 6.07) is 11.1. The Balaban J connectivity index is 1.74. The van der Waals surface area contributed by atoms with Crippen molar-refractivity contribution in [3.05, 3.63) is 74.6 Å². The third-order valence-electron chi connectivity index (χ3n) is 5.47. The molecule has 4 rings (SSSR count). The van der Waals surface area contributed by atoms with Crippen molar-refractivity contribution in [2.75, 3.05) is 0 Å². The van der Waals surface area contributed by atoms with Gasteiger partial charge in [-0.25, -0.2) is 9.78 Å². The van der Waals surface area contributed by atoms with Crippen LogP contribution in [0.15, 0.2) is 52.2 Å². The van der Waals surface area contributed by atoms with Crippen molar-refractivity contribution in [2.24, 2.45) is 0 Å². The van der Waals surface area contributed by atoms with Gasteiger partial charge in [0.15, 0.2) is 5.52 Å². The molecular formula is C22H24N4O3.